The van der Waals surface area contributed by atoms with Gasteiger partial charge in [0.15, 0.2) is 5.58 Å². The lowest BCUT2D eigenvalue weighted by Gasteiger charge is -2.18. The molecule has 0 saturated heterocycles. The molecule has 0 fully saturated rings. The number of nitrogens with one attached hydrogen (secondary N) is 1. The Morgan fingerprint density at radius 3 is 2.69 bits per heavy atom. The van der Waals surface area contributed by atoms with Gasteiger partial charge in [0.25, 0.3) is 0 Å². The molecule has 1 heterocycles. The lowest BCUT2D eigenvalue weighted by atomic mass is 10.1. The quantitative estimate of drug-likeness (QED) is 0.842. The molecule has 0 aliphatic rings. The molecule has 0 amide bonds. The van der Waals surface area contributed by atoms with Gasteiger partial charge in [0.2, 0.25) is 5.89 Å². The highest BCUT2D eigenvalue weighted by Gasteiger charge is 2.12. The van der Waals surface area contributed by atoms with E-state index in [2.05, 4.69) is 31.1 Å². The molecule has 1 aromatic carbocycles. The maximum absolute atomic E-state index is 5.67. The van der Waals surface area contributed by atoms with Gasteiger partial charge in [-0.15, -0.1) is 0 Å². The van der Waals surface area contributed by atoms with Gasteiger partial charge in [0.1, 0.15) is 5.52 Å². The van der Waals surface area contributed by atoms with E-state index >= 15 is 0 Å². The second-order valence-electron chi connectivity index (χ2n) is 5.13. The van der Waals surface area contributed by atoms with Crippen molar-refractivity contribution < 1.29 is 4.42 Å². The molecule has 0 spiro atoms. The first kappa shape index (κ1) is 11.1. The number of rotatable bonds is 2. The molecule has 3 heteroatoms. The Kier molecular flexibility index (Phi) is 2.72. The summed E-state index contributed by atoms with van der Waals surface area (Å²) in [7, 11) is 0. The standard InChI is InChI=1S/C13H18N2O/c1-9-6-5-7-10-12(9)15-11(16-10)8-14-13(2,3)4/h5-7,14H,8H2,1-4H3. The fourth-order valence-corrected chi connectivity index (χ4v) is 1.55. The smallest absolute Gasteiger partial charge is 0.209 e. The second kappa shape index (κ2) is 3.91. The van der Waals surface area contributed by atoms with Gasteiger partial charge in [-0.25, -0.2) is 4.98 Å². The van der Waals surface area contributed by atoms with Crippen molar-refractivity contribution in [1.82, 2.24) is 10.3 Å². The summed E-state index contributed by atoms with van der Waals surface area (Å²) in [6.45, 7) is 9.09. The summed E-state index contributed by atoms with van der Waals surface area (Å²) >= 11 is 0. The number of oxazole rings is 1. The van der Waals surface area contributed by atoms with Crippen molar-refractivity contribution >= 4 is 11.1 Å². The van der Waals surface area contributed by atoms with Gasteiger partial charge in [0.05, 0.1) is 6.54 Å². The van der Waals surface area contributed by atoms with Crippen LogP contribution in [0.25, 0.3) is 11.1 Å². The minimum atomic E-state index is 0.0791. The third kappa shape index (κ3) is 2.42. The normalized spacial score (nSPS) is 12.2. The Hall–Kier alpha value is -1.35. The summed E-state index contributed by atoms with van der Waals surface area (Å²) in [4.78, 5) is 4.49. The molecule has 0 radical (unpaired) electrons. The number of hydrogen-bond donors (Lipinski definition) is 1. The van der Waals surface area contributed by atoms with Gasteiger partial charge in [-0.1, -0.05) is 12.1 Å². The number of hydrogen-bond acceptors (Lipinski definition) is 3. The third-order valence-electron chi connectivity index (χ3n) is 2.43. The number of benzene rings is 1. The minimum absolute atomic E-state index is 0.0791. The molecule has 0 aliphatic carbocycles. The summed E-state index contributed by atoms with van der Waals surface area (Å²) in [6, 6.07) is 5.99. The predicted octanol–water partition coefficient (Wildman–Crippen LogP) is 3.02. The number of fused-ring (bicyclic) bond motifs is 1. The maximum atomic E-state index is 5.67. The molecule has 86 valence electrons. The zero-order valence-corrected chi connectivity index (χ0v) is 10.3. The first-order valence-corrected chi connectivity index (χ1v) is 5.56. The summed E-state index contributed by atoms with van der Waals surface area (Å²) in [5, 5.41) is 3.36. The van der Waals surface area contributed by atoms with Crippen LogP contribution in [-0.2, 0) is 6.54 Å². The molecule has 1 N–H and O–H groups in total. The maximum Gasteiger partial charge on any atom is 0.209 e. The van der Waals surface area contributed by atoms with Crippen molar-refractivity contribution in [2.24, 2.45) is 0 Å². The third-order valence-corrected chi connectivity index (χ3v) is 2.43. The van der Waals surface area contributed by atoms with E-state index in [-0.39, 0.29) is 5.54 Å². The Morgan fingerprint density at radius 2 is 2.06 bits per heavy atom. The molecule has 0 aliphatic heterocycles. The van der Waals surface area contributed by atoms with Gasteiger partial charge in [-0.05, 0) is 39.3 Å². The SMILES string of the molecule is Cc1cccc2oc(CNC(C)(C)C)nc12. The van der Waals surface area contributed by atoms with Gasteiger partial charge >= 0.3 is 0 Å². The van der Waals surface area contributed by atoms with Crippen LogP contribution in [0.4, 0.5) is 0 Å². The van der Waals surface area contributed by atoms with E-state index in [0.717, 1.165) is 22.6 Å². The highest BCUT2D eigenvalue weighted by atomic mass is 16.3. The van der Waals surface area contributed by atoms with E-state index in [1.54, 1.807) is 0 Å². The molecule has 16 heavy (non-hydrogen) atoms. The monoisotopic (exact) mass is 218 g/mol. The molecule has 3 nitrogen and oxygen atoms in total. The molecule has 2 aromatic rings. The van der Waals surface area contributed by atoms with E-state index in [1.807, 2.05) is 25.1 Å². The van der Waals surface area contributed by atoms with Gasteiger partial charge in [-0.2, -0.15) is 0 Å². The predicted molar refractivity (Wildman–Crippen MR) is 65.3 cm³/mol. The number of aryl methyl sites for hydroxylation is 1. The van der Waals surface area contributed by atoms with Gasteiger partial charge < -0.3 is 9.73 Å². The van der Waals surface area contributed by atoms with Crippen LogP contribution in [0.15, 0.2) is 22.6 Å². The second-order valence-corrected chi connectivity index (χ2v) is 5.13. The number of nitrogens with zero attached hydrogens (tertiary/aromatic N) is 1. The van der Waals surface area contributed by atoms with Crippen molar-refractivity contribution in [3.05, 3.63) is 29.7 Å². The zero-order chi connectivity index (χ0) is 11.8. The van der Waals surface area contributed by atoms with E-state index in [0.29, 0.717) is 6.54 Å². The van der Waals surface area contributed by atoms with Gasteiger partial charge in [0, 0.05) is 5.54 Å². The van der Waals surface area contributed by atoms with E-state index < -0.39 is 0 Å². The first-order valence-electron chi connectivity index (χ1n) is 5.56. The summed E-state index contributed by atoms with van der Waals surface area (Å²) < 4.78 is 5.67. The van der Waals surface area contributed by atoms with Crippen LogP contribution < -0.4 is 5.32 Å². The molecule has 0 bridgehead atoms. The Morgan fingerprint density at radius 1 is 1.31 bits per heavy atom. The topological polar surface area (TPSA) is 38.1 Å². The van der Waals surface area contributed by atoms with E-state index in [9.17, 15) is 0 Å². The average molecular weight is 218 g/mol. The largest absolute Gasteiger partial charge is 0.439 e. The summed E-state index contributed by atoms with van der Waals surface area (Å²) in [5.74, 6) is 0.749. The average Bonchev–Trinajstić information content (AvgIpc) is 2.58. The van der Waals surface area contributed by atoms with Crippen LogP contribution in [0, 0.1) is 6.92 Å². The fraction of sp³-hybridized carbons (Fsp3) is 0.462. The van der Waals surface area contributed by atoms with E-state index in [1.165, 1.54) is 0 Å². The Balaban J connectivity index is 2.24. The van der Waals surface area contributed by atoms with Crippen LogP contribution in [0.2, 0.25) is 0 Å². The molecule has 1 aromatic heterocycles. The molecular weight excluding hydrogens is 200 g/mol. The van der Waals surface area contributed by atoms with Crippen molar-refractivity contribution in [2.75, 3.05) is 0 Å². The molecule has 0 atom stereocenters. The zero-order valence-electron chi connectivity index (χ0n) is 10.3. The highest BCUT2D eigenvalue weighted by molar-refractivity contribution is 5.76. The lowest BCUT2D eigenvalue weighted by Crippen LogP contribution is -2.35. The van der Waals surface area contributed by atoms with Crippen molar-refractivity contribution in [3.8, 4) is 0 Å². The van der Waals surface area contributed by atoms with Crippen LogP contribution in [0.5, 0.6) is 0 Å². The summed E-state index contributed by atoms with van der Waals surface area (Å²) in [6.07, 6.45) is 0. The molecule has 0 unspecified atom stereocenters. The first-order chi connectivity index (χ1) is 7.46. The van der Waals surface area contributed by atoms with Crippen LogP contribution in [0.1, 0.15) is 32.2 Å². The molecule has 2 rings (SSSR count). The van der Waals surface area contributed by atoms with Gasteiger partial charge in [-0.3, -0.25) is 0 Å². The molecule has 0 saturated carbocycles. The van der Waals surface area contributed by atoms with E-state index in [4.69, 9.17) is 4.42 Å². The van der Waals surface area contributed by atoms with Crippen LogP contribution in [-0.4, -0.2) is 10.5 Å². The Bertz CT molecular complexity index is 494. The highest BCUT2D eigenvalue weighted by Crippen LogP contribution is 2.19. The van der Waals surface area contributed by atoms with Crippen molar-refractivity contribution in [2.45, 2.75) is 39.8 Å². The number of para-hydroxylation sites is 1. The Labute approximate surface area is 95.9 Å². The van der Waals surface area contributed by atoms with Crippen LogP contribution in [0.3, 0.4) is 0 Å². The minimum Gasteiger partial charge on any atom is -0.439 e. The summed E-state index contributed by atoms with van der Waals surface area (Å²) in [5.41, 5.74) is 3.07. The van der Waals surface area contributed by atoms with Crippen molar-refractivity contribution in [3.63, 3.8) is 0 Å². The van der Waals surface area contributed by atoms with Crippen LogP contribution >= 0.6 is 0 Å². The lowest BCUT2D eigenvalue weighted by molar-refractivity contribution is 0.388. The van der Waals surface area contributed by atoms with Crippen molar-refractivity contribution in [1.29, 1.82) is 0 Å². The fourth-order valence-electron chi connectivity index (χ4n) is 1.55. The molecular formula is C13H18N2O. The number of aromatic nitrogens is 1.